The minimum absolute atomic E-state index is 0.124. The monoisotopic (exact) mass is 806 g/mol. The lowest BCUT2D eigenvalue weighted by Gasteiger charge is -2.53. The lowest BCUT2D eigenvalue weighted by Crippen LogP contribution is -2.50. The van der Waals surface area contributed by atoms with Crippen molar-refractivity contribution in [2.45, 2.75) is 47.0 Å². The molecule has 0 heterocycles. The van der Waals surface area contributed by atoms with Gasteiger partial charge in [0.2, 0.25) is 0 Å². The molecule has 0 saturated heterocycles. The van der Waals surface area contributed by atoms with Gasteiger partial charge in [-0.15, -0.1) is 0 Å². The first kappa shape index (κ1) is 37.7. The summed E-state index contributed by atoms with van der Waals surface area (Å²) in [6.45, 7) is 14.9. The van der Waals surface area contributed by atoms with Crippen molar-refractivity contribution < 1.29 is 0 Å². The van der Waals surface area contributed by atoms with Crippen LogP contribution in [0.1, 0.15) is 52.7 Å². The normalized spacial score (nSPS) is 13.7. The van der Waals surface area contributed by atoms with Crippen molar-refractivity contribution in [2.24, 2.45) is 10.8 Å². The van der Waals surface area contributed by atoms with Crippen molar-refractivity contribution in [2.75, 3.05) is 0 Å². The molecule has 0 spiro atoms. The predicted molar refractivity (Wildman–Crippen MR) is 273 cm³/mol. The van der Waals surface area contributed by atoms with Crippen LogP contribution in [-0.2, 0) is 5.41 Å². The molecule has 0 unspecified atom stereocenters. The van der Waals surface area contributed by atoms with Crippen molar-refractivity contribution in [3.63, 3.8) is 0 Å². The van der Waals surface area contributed by atoms with Crippen molar-refractivity contribution >= 4 is 64.6 Å². The zero-order chi connectivity index (χ0) is 42.8. The second-order valence-corrected chi connectivity index (χ2v) is 20.0. The van der Waals surface area contributed by atoms with Gasteiger partial charge in [0.05, 0.1) is 0 Å². The Hall–Kier alpha value is -7.02. The lowest BCUT2D eigenvalue weighted by molar-refractivity contribution is 0.0965. The number of hydrogen-bond donors (Lipinski definition) is 0. The molecule has 1 aliphatic carbocycles. The Morgan fingerprint density at radius 2 is 0.667 bits per heavy atom. The first-order valence-corrected chi connectivity index (χ1v) is 22.6. The molecule has 0 N–H and O–H groups in total. The van der Waals surface area contributed by atoms with E-state index in [-0.39, 0.29) is 16.2 Å². The van der Waals surface area contributed by atoms with E-state index in [1.54, 1.807) is 0 Å². The molecule has 11 aromatic carbocycles. The van der Waals surface area contributed by atoms with Gasteiger partial charge in [0.25, 0.3) is 0 Å². The Kier molecular flexibility index (Phi) is 8.08. The zero-order valence-corrected chi connectivity index (χ0v) is 37.0. The summed E-state index contributed by atoms with van der Waals surface area (Å²) in [7, 11) is 0. The zero-order valence-electron chi connectivity index (χ0n) is 37.0. The molecule has 0 aromatic heterocycles. The molecule has 0 nitrogen and oxygen atoms in total. The molecule has 0 aliphatic heterocycles. The summed E-state index contributed by atoms with van der Waals surface area (Å²) in [6, 6.07) is 73.2. The fourth-order valence-electron chi connectivity index (χ4n) is 12.7. The van der Waals surface area contributed by atoms with Crippen LogP contribution in [0.15, 0.2) is 194 Å². The van der Waals surface area contributed by atoms with Crippen LogP contribution in [0.3, 0.4) is 0 Å². The van der Waals surface area contributed by atoms with Gasteiger partial charge < -0.3 is 0 Å². The van der Waals surface area contributed by atoms with E-state index in [0.29, 0.717) is 0 Å². The standard InChI is InChI=1S/C63H50/c1-61(2,3)63(62(4,5)6)55-38-54(46-23-10-12-24-47(46)58(55)59-48-25-13-9-21-44(48)45-22-11-18-30-53(45)60(59)63)40-32-34-41(35-33-40)56-49-26-14-16-28-51(49)57(52-29-17-15-27-50(52)56)43-36-31-39-19-7-8-20-42(39)37-43/h7-38H,1-6H3. The third-order valence-corrected chi connectivity index (χ3v) is 14.7. The summed E-state index contributed by atoms with van der Waals surface area (Å²) in [4.78, 5) is 0. The van der Waals surface area contributed by atoms with Gasteiger partial charge >= 0.3 is 0 Å². The van der Waals surface area contributed by atoms with Crippen molar-refractivity contribution in [3.8, 4) is 44.5 Å². The highest BCUT2D eigenvalue weighted by Crippen LogP contribution is 2.68. The Balaban J connectivity index is 1.11. The van der Waals surface area contributed by atoms with Gasteiger partial charge in [-0.25, -0.2) is 0 Å². The summed E-state index contributed by atoms with van der Waals surface area (Å²) < 4.78 is 0. The maximum Gasteiger partial charge on any atom is 0.0318 e. The predicted octanol–water partition coefficient (Wildman–Crippen LogP) is 18.0. The molecule has 302 valence electrons. The van der Waals surface area contributed by atoms with E-state index in [9.17, 15) is 0 Å². The maximum absolute atomic E-state index is 2.61. The highest BCUT2D eigenvalue weighted by molar-refractivity contribution is 6.24. The molecule has 1 aliphatic rings. The fourth-order valence-corrected chi connectivity index (χ4v) is 12.7. The Labute approximate surface area is 370 Å². The third-order valence-electron chi connectivity index (χ3n) is 14.7. The first-order chi connectivity index (χ1) is 30.6. The molecule has 0 heteroatoms. The molecule has 11 aromatic rings. The average Bonchev–Trinajstić information content (AvgIpc) is 3.64. The van der Waals surface area contributed by atoms with E-state index in [4.69, 9.17) is 0 Å². The summed E-state index contributed by atoms with van der Waals surface area (Å²) in [5, 5.41) is 15.6. The number of rotatable bonds is 3. The van der Waals surface area contributed by atoms with Crippen LogP contribution in [0.25, 0.3) is 109 Å². The van der Waals surface area contributed by atoms with Gasteiger partial charge in [-0.3, -0.25) is 0 Å². The van der Waals surface area contributed by atoms with E-state index in [0.717, 1.165) is 0 Å². The molecular weight excluding hydrogens is 757 g/mol. The molecule has 0 atom stereocenters. The lowest BCUT2D eigenvalue weighted by atomic mass is 9.49. The number of fused-ring (bicyclic) bond motifs is 13. The Bertz CT molecular complexity index is 3610. The minimum Gasteiger partial charge on any atom is -0.0616 e. The van der Waals surface area contributed by atoms with E-state index < -0.39 is 0 Å². The summed E-state index contributed by atoms with van der Waals surface area (Å²) >= 11 is 0. The van der Waals surface area contributed by atoms with Crippen molar-refractivity contribution in [3.05, 3.63) is 205 Å². The van der Waals surface area contributed by atoms with Gasteiger partial charge in [0, 0.05) is 5.41 Å². The number of hydrogen-bond acceptors (Lipinski definition) is 0. The number of benzene rings is 11. The second-order valence-electron chi connectivity index (χ2n) is 20.0. The van der Waals surface area contributed by atoms with Gasteiger partial charge in [-0.05, 0) is 143 Å². The molecule has 12 rings (SSSR count). The van der Waals surface area contributed by atoms with E-state index in [1.165, 1.54) is 120 Å². The smallest absolute Gasteiger partial charge is 0.0318 e. The van der Waals surface area contributed by atoms with Gasteiger partial charge in [0.15, 0.2) is 0 Å². The van der Waals surface area contributed by atoms with Crippen LogP contribution in [0.5, 0.6) is 0 Å². The van der Waals surface area contributed by atoms with Crippen LogP contribution in [0.4, 0.5) is 0 Å². The molecular formula is C63H50. The molecule has 0 saturated carbocycles. The fraction of sp³-hybridized carbons (Fsp3) is 0.143. The second kappa shape index (κ2) is 13.5. The summed E-state index contributed by atoms with van der Waals surface area (Å²) in [5.74, 6) is 0. The minimum atomic E-state index is -0.308. The molecule has 0 amide bonds. The molecule has 0 fully saturated rings. The Morgan fingerprint density at radius 3 is 1.21 bits per heavy atom. The highest BCUT2D eigenvalue weighted by atomic mass is 14.6. The van der Waals surface area contributed by atoms with Crippen LogP contribution < -0.4 is 0 Å². The van der Waals surface area contributed by atoms with Gasteiger partial charge in [-0.1, -0.05) is 224 Å². The Morgan fingerprint density at radius 1 is 0.286 bits per heavy atom. The summed E-state index contributed by atoms with van der Waals surface area (Å²) in [5.41, 5.74) is 12.8. The van der Waals surface area contributed by atoms with Gasteiger partial charge in [-0.2, -0.15) is 0 Å². The average molecular weight is 807 g/mol. The maximum atomic E-state index is 2.61. The molecule has 63 heavy (non-hydrogen) atoms. The van der Waals surface area contributed by atoms with Gasteiger partial charge in [0.1, 0.15) is 0 Å². The van der Waals surface area contributed by atoms with Crippen LogP contribution in [-0.4, -0.2) is 0 Å². The van der Waals surface area contributed by atoms with E-state index in [1.807, 2.05) is 0 Å². The van der Waals surface area contributed by atoms with Crippen LogP contribution >= 0.6 is 0 Å². The van der Waals surface area contributed by atoms with E-state index >= 15 is 0 Å². The largest absolute Gasteiger partial charge is 0.0616 e. The molecule has 0 bridgehead atoms. The van der Waals surface area contributed by atoms with E-state index in [2.05, 4.69) is 236 Å². The highest BCUT2D eigenvalue weighted by Gasteiger charge is 2.59. The SMILES string of the molecule is CC(C)(C)C1(C(C)(C)C)c2cc(-c3ccc(-c4c5ccccc5c(-c5ccc6ccccc6c5)c5ccccc45)cc3)c3ccccc3c2-c2c1c1ccccc1c1ccccc21. The molecule has 0 radical (unpaired) electrons. The quantitative estimate of drug-likeness (QED) is 0.123. The topological polar surface area (TPSA) is 0 Å². The third kappa shape index (κ3) is 5.22. The van der Waals surface area contributed by atoms with Crippen LogP contribution in [0, 0.1) is 10.8 Å². The van der Waals surface area contributed by atoms with Crippen LogP contribution in [0.2, 0.25) is 0 Å². The first-order valence-electron chi connectivity index (χ1n) is 22.6. The van der Waals surface area contributed by atoms with Crippen molar-refractivity contribution in [1.82, 2.24) is 0 Å². The van der Waals surface area contributed by atoms with Crippen molar-refractivity contribution in [1.29, 1.82) is 0 Å². The summed E-state index contributed by atoms with van der Waals surface area (Å²) in [6.07, 6.45) is 0.